The lowest BCUT2D eigenvalue weighted by molar-refractivity contribution is 0.00348. The minimum Gasteiger partial charge on any atom is -0.371 e. The lowest BCUT2D eigenvalue weighted by Gasteiger charge is -2.56. The van der Waals surface area contributed by atoms with Gasteiger partial charge in [0, 0.05) is 68.2 Å². The molecule has 2 saturated heterocycles. The smallest absolute Gasteiger partial charge is 0.206 e. The molecule has 4 heterocycles. The Morgan fingerprint density at radius 2 is 1.42 bits per heavy atom. The summed E-state index contributed by atoms with van der Waals surface area (Å²) in [6.07, 6.45) is 15.6. The van der Waals surface area contributed by atoms with Crippen LogP contribution in [0.1, 0.15) is 68.9 Å². The lowest BCUT2D eigenvalue weighted by atomic mass is 9.56. The van der Waals surface area contributed by atoms with Gasteiger partial charge in [0.05, 0.1) is 9.79 Å². The van der Waals surface area contributed by atoms with Gasteiger partial charge in [-0.05, 0) is 111 Å². The van der Waals surface area contributed by atoms with Gasteiger partial charge in [0.15, 0.2) is 0 Å². The van der Waals surface area contributed by atoms with Crippen molar-refractivity contribution in [1.82, 2.24) is 14.8 Å². The van der Waals surface area contributed by atoms with Crippen molar-refractivity contribution >= 4 is 15.5 Å². The van der Waals surface area contributed by atoms with Crippen LogP contribution in [-0.4, -0.2) is 68.5 Å². The van der Waals surface area contributed by atoms with E-state index in [1.807, 2.05) is 12.1 Å². The lowest BCUT2D eigenvalue weighted by Crippen LogP contribution is -2.59. The Bertz CT molecular complexity index is 1570. The van der Waals surface area contributed by atoms with E-state index in [4.69, 9.17) is 0 Å². The molecule has 2 saturated carbocycles. The van der Waals surface area contributed by atoms with E-state index in [1.165, 1.54) is 96.4 Å². The summed E-state index contributed by atoms with van der Waals surface area (Å²) in [5, 5.41) is 0. The van der Waals surface area contributed by atoms with Gasteiger partial charge in [0.25, 0.3) is 0 Å². The topological polar surface area (TPSA) is 56.8 Å². The first-order valence-electron chi connectivity index (χ1n) is 17.6. The van der Waals surface area contributed by atoms with Crippen LogP contribution < -0.4 is 4.90 Å². The number of anilines is 1. The van der Waals surface area contributed by atoms with Crippen molar-refractivity contribution in [2.75, 3.05) is 44.2 Å². The summed E-state index contributed by atoms with van der Waals surface area (Å²) in [4.78, 5) is 12.6. The van der Waals surface area contributed by atoms with Gasteiger partial charge >= 0.3 is 0 Å². The number of pyridine rings is 1. The molecule has 0 bridgehead atoms. The molecule has 3 aromatic rings. The van der Waals surface area contributed by atoms with Gasteiger partial charge in [0.1, 0.15) is 0 Å². The van der Waals surface area contributed by atoms with Crippen LogP contribution in [0.25, 0.3) is 0 Å². The quantitative estimate of drug-likeness (QED) is 0.283. The van der Waals surface area contributed by atoms with E-state index in [1.54, 1.807) is 35.4 Å². The average Bonchev–Trinajstić information content (AvgIpc) is 3.58. The standard InChI is InChI=1S/C38H48N4O2S/c43-45(44,36-16-20-39-21-17-36)35-14-12-34(13-15-35)41-25-29(26-41)24-40-22-18-32(19-23-40)38(31-7-2-3-8-31)28-42(33-9-5-10-33)27-30-6-1-4-11-37(30)38/h1,4,6,11-17,20-21,29,31-33H,2-3,5,7-10,18-19,22-28H2. The van der Waals surface area contributed by atoms with E-state index in [2.05, 4.69) is 43.9 Å². The average molecular weight is 625 g/mol. The highest BCUT2D eigenvalue weighted by Crippen LogP contribution is 2.54. The van der Waals surface area contributed by atoms with E-state index >= 15 is 0 Å². The highest BCUT2D eigenvalue weighted by Gasteiger charge is 2.52. The summed E-state index contributed by atoms with van der Waals surface area (Å²) < 4.78 is 25.9. The fourth-order valence-electron chi connectivity index (χ4n) is 9.67. The van der Waals surface area contributed by atoms with Crippen LogP contribution >= 0.6 is 0 Å². The van der Waals surface area contributed by atoms with Crippen molar-refractivity contribution < 1.29 is 8.42 Å². The number of hydrogen-bond donors (Lipinski definition) is 0. The van der Waals surface area contributed by atoms with Gasteiger partial charge in [-0.15, -0.1) is 0 Å². The van der Waals surface area contributed by atoms with Gasteiger partial charge in [-0.3, -0.25) is 9.88 Å². The van der Waals surface area contributed by atoms with E-state index in [-0.39, 0.29) is 4.90 Å². The summed E-state index contributed by atoms with van der Waals surface area (Å²) in [6.45, 7) is 8.18. The molecule has 1 atom stereocenters. The molecule has 0 N–H and O–H groups in total. The minimum atomic E-state index is -3.51. The van der Waals surface area contributed by atoms with Crippen LogP contribution in [0.15, 0.2) is 82.8 Å². The second-order valence-corrected chi connectivity index (χ2v) is 16.6. The van der Waals surface area contributed by atoms with Gasteiger partial charge < -0.3 is 9.80 Å². The van der Waals surface area contributed by atoms with Gasteiger partial charge in [-0.25, -0.2) is 8.42 Å². The van der Waals surface area contributed by atoms with Crippen LogP contribution in [0.4, 0.5) is 5.69 Å². The third-order valence-corrected chi connectivity index (χ3v) is 14.1. The number of hydrogen-bond acceptors (Lipinski definition) is 6. The number of nitrogens with zero attached hydrogens (tertiary/aromatic N) is 4. The van der Waals surface area contributed by atoms with E-state index in [0.29, 0.717) is 16.2 Å². The maximum absolute atomic E-state index is 13.0. The van der Waals surface area contributed by atoms with Gasteiger partial charge in [-0.1, -0.05) is 43.5 Å². The molecule has 0 spiro atoms. The Morgan fingerprint density at radius 3 is 2.11 bits per heavy atom. The number of likely N-dealkylation sites (tertiary alicyclic amines) is 1. The van der Waals surface area contributed by atoms with Crippen LogP contribution in [0.2, 0.25) is 0 Å². The molecule has 1 aromatic heterocycles. The Morgan fingerprint density at radius 1 is 0.756 bits per heavy atom. The molecule has 7 heteroatoms. The Labute approximate surface area is 269 Å². The normalized spacial score (nSPS) is 26.0. The van der Waals surface area contributed by atoms with E-state index in [9.17, 15) is 8.42 Å². The Hall–Kier alpha value is -2.74. The largest absolute Gasteiger partial charge is 0.371 e. The summed E-state index contributed by atoms with van der Waals surface area (Å²) >= 11 is 0. The molecule has 0 amide bonds. The summed E-state index contributed by atoms with van der Waals surface area (Å²) in [5.74, 6) is 2.29. The maximum Gasteiger partial charge on any atom is 0.206 e. The summed E-state index contributed by atoms with van der Waals surface area (Å²) in [5.41, 5.74) is 4.80. The molecule has 1 unspecified atom stereocenters. The van der Waals surface area contributed by atoms with Gasteiger partial charge in [-0.2, -0.15) is 0 Å². The first-order valence-corrected chi connectivity index (χ1v) is 19.0. The van der Waals surface area contributed by atoms with Crippen molar-refractivity contribution in [1.29, 1.82) is 0 Å². The van der Waals surface area contributed by atoms with E-state index in [0.717, 1.165) is 43.2 Å². The van der Waals surface area contributed by atoms with Crippen molar-refractivity contribution in [2.45, 2.75) is 85.6 Å². The van der Waals surface area contributed by atoms with E-state index < -0.39 is 9.84 Å². The highest BCUT2D eigenvalue weighted by molar-refractivity contribution is 7.91. The van der Waals surface area contributed by atoms with Crippen LogP contribution in [0, 0.1) is 17.8 Å². The summed E-state index contributed by atoms with van der Waals surface area (Å²) in [6, 6.07) is 20.9. The van der Waals surface area contributed by atoms with Gasteiger partial charge in [0.2, 0.25) is 9.84 Å². The molecule has 4 fully saturated rings. The second-order valence-electron chi connectivity index (χ2n) is 14.7. The first-order chi connectivity index (χ1) is 22.0. The number of rotatable bonds is 8. The Kier molecular flexibility index (Phi) is 7.99. The molecule has 2 aliphatic carbocycles. The molecule has 5 aliphatic rings. The third kappa shape index (κ3) is 5.43. The minimum absolute atomic E-state index is 0.288. The Balaban J connectivity index is 0.905. The number of aromatic nitrogens is 1. The molecular formula is C38H48N4O2S. The molecule has 0 radical (unpaired) electrons. The van der Waals surface area contributed by atoms with Crippen LogP contribution in [-0.2, 0) is 21.8 Å². The third-order valence-electron chi connectivity index (χ3n) is 12.3. The fourth-order valence-corrected chi connectivity index (χ4v) is 10.9. The zero-order valence-electron chi connectivity index (χ0n) is 26.6. The molecule has 45 heavy (non-hydrogen) atoms. The number of fused-ring (bicyclic) bond motifs is 1. The van der Waals surface area contributed by atoms with Crippen molar-refractivity contribution in [3.8, 4) is 0 Å². The predicted molar refractivity (Wildman–Crippen MR) is 179 cm³/mol. The zero-order valence-corrected chi connectivity index (χ0v) is 27.4. The van der Waals surface area contributed by atoms with Crippen LogP contribution in [0.5, 0.6) is 0 Å². The summed E-state index contributed by atoms with van der Waals surface area (Å²) in [7, 11) is -3.51. The molecule has 2 aromatic carbocycles. The number of benzene rings is 2. The maximum atomic E-state index is 13.0. The van der Waals surface area contributed by atoms with Crippen molar-refractivity contribution in [2.24, 2.45) is 17.8 Å². The second kappa shape index (κ2) is 12.1. The zero-order chi connectivity index (χ0) is 30.4. The van der Waals surface area contributed by atoms with Crippen molar-refractivity contribution in [3.05, 3.63) is 84.2 Å². The number of piperidine rings is 1. The first kappa shape index (κ1) is 29.6. The molecular weight excluding hydrogens is 577 g/mol. The van der Waals surface area contributed by atoms with Crippen LogP contribution in [0.3, 0.4) is 0 Å². The number of sulfone groups is 1. The molecule has 6 nitrogen and oxygen atoms in total. The monoisotopic (exact) mass is 624 g/mol. The molecule has 8 rings (SSSR count). The van der Waals surface area contributed by atoms with Crippen molar-refractivity contribution in [3.63, 3.8) is 0 Å². The predicted octanol–water partition coefficient (Wildman–Crippen LogP) is 6.56. The fraction of sp³-hybridized carbons (Fsp3) is 0.553. The SMILES string of the molecule is O=S(=O)(c1ccncc1)c1ccc(N2CC(CN3CCC(C4(C5CCCC5)CN(C5CCC5)Cc5ccccc54)CC3)C2)cc1. The molecule has 3 aliphatic heterocycles. The highest BCUT2D eigenvalue weighted by atomic mass is 32.2. The molecule has 238 valence electrons.